The van der Waals surface area contributed by atoms with Gasteiger partial charge >= 0.3 is 0 Å². The number of aliphatic hydroxyl groups is 1. The van der Waals surface area contributed by atoms with Crippen LogP contribution < -0.4 is 0 Å². The van der Waals surface area contributed by atoms with Crippen molar-refractivity contribution in [3.8, 4) is 0 Å². The third-order valence-electron chi connectivity index (χ3n) is 1.88. The lowest BCUT2D eigenvalue weighted by molar-refractivity contribution is 0.0154. The standard InChI is InChI=1S/C6H10O3/c7-2-1-4-6-5(9-6)3-8-4/h4-7H,1-3H2/t4-,5?,6?/m0/s1. The maximum Gasteiger partial charge on any atom is 0.113 e. The molecule has 2 aliphatic heterocycles. The lowest BCUT2D eigenvalue weighted by Crippen LogP contribution is -2.15. The molecule has 0 bridgehead atoms. The van der Waals surface area contributed by atoms with Crippen molar-refractivity contribution in [1.82, 2.24) is 0 Å². The molecule has 0 saturated carbocycles. The number of hydrogen-bond donors (Lipinski definition) is 1. The Balaban J connectivity index is 1.84. The second-order valence-corrected chi connectivity index (χ2v) is 2.52. The molecule has 0 aromatic carbocycles. The molecule has 0 spiro atoms. The maximum atomic E-state index is 8.53. The third-order valence-corrected chi connectivity index (χ3v) is 1.88. The Bertz CT molecular complexity index is 115. The van der Waals surface area contributed by atoms with Crippen molar-refractivity contribution in [3.05, 3.63) is 0 Å². The van der Waals surface area contributed by atoms with Crippen molar-refractivity contribution in [1.29, 1.82) is 0 Å². The largest absolute Gasteiger partial charge is 0.396 e. The highest BCUT2D eigenvalue weighted by molar-refractivity contribution is 4.96. The van der Waals surface area contributed by atoms with E-state index in [4.69, 9.17) is 14.6 Å². The van der Waals surface area contributed by atoms with Crippen LogP contribution in [0.2, 0.25) is 0 Å². The number of aliphatic hydroxyl groups excluding tert-OH is 1. The van der Waals surface area contributed by atoms with Gasteiger partial charge in [0.25, 0.3) is 0 Å². The Labute approximate surface area is 53.6 Å². The zero-order chi connectivity index (χ0) is 6.27. The molecule has 9 heavy (non-hydrogen) atoms. The van der Waals surface area contributed by atoms with Crippen LogP contribution in [0, 0.1) is 0 Å². The first-order valence-electron chi connectivity index (χ1n) is 3.30. The summed E-state index contributed by atoms with van der Waals surface area (Å²) in [6.45, 7) is 0.937. The van der Waals surface area contributed by atoms with Gasteiger partial charge in [0.15, 0.2) is 0 Å². The smallest absolute Gasteiger partial charge is 0.113 e. The fraction of sp³-hybridized carbons (Fsp3) is 1.00. The van der Waals surface area contributed by atoms with Crippen LogP contribution in [0.3, 0.4) is 0 Å². The molecule has 0 aliphatic carbocycles. The van der Waals surface area contributed by atoms with Crippen molar-refractivity contribution in [2.45, 2.75) is 24.7 Å². The zero-order valence-electron chi connectivity index (χ0n) is 5.12. The number of epoxide rings is 1. The van der Waals surface area contributed by atoms with E-state index >= 15 is 0 Å². The SMILES string of the molecule is OCC[C@@H]1OCC2OC21. The van der Waals surface area contributed by atoms with Gasteiger partial charge in [-0.25, -0.2) is 0 Å². The number of fused-ring (bicyclic) bond motifs is 1. The Hall–Kier alpha value is -0.120. The van der Waals surface area contributed by atoms with E-state index in [0.717, 1.165) is 13.0 Å². The van der Waals surface area contributed by atoms with Crippen molar-refractivity contribution in [2.75, 3.05) is 13.2 Å². The summed E-state index contributed by atoms with van der Waals surface area (Å²) in [6, 6.07) is 0. The summed E-state index contributed by atoms with van der Waals surface area (Å²) in [5.74, 6) is 0. The van der Waals surface area contributed by atoms with Crippen LogP contribution in [0.25, 0.3) is 0 Å². The monoisotopic (exact) mass is 130 g/mol. The summed E-state index contributed by atoms with van der Waals surface area (Å²) >= 11 is 0. The Morgan fingerprint density at radius 3 is 2.89 bits per heavy atom. The van der Waals surface area contributed by atoms with E-state index in [2.05, 4.69) is 0 Å². The van der Waals surface area contributed by atoms with E-state index in [-0.39, 0.29) is 12.7 Å². The number of hydrogen-bond acceptors (Lipinski definition) is 3. The number of ether oxygens (including phenoxy) is 2. The molecule has 0 amide bonds. The summed E-state index contributed by atoms with van der Waals surface area (Å²) in [5, 5.41) is 8.53. The van der Waals surface area contributed by atoms with E-state index in [0.29, 0.717) is 12.2 Å². The van der Waals surface area contributed by atoms with Gasteiger partial charge in [-0.2, -0.15) is 0 Å². The van der Waals surface area contributed by atoms with Crippen LogP contribution in [-0.4, -0.2) is 36.6 Å². The van der Waals surface area contributed by atoms with E-state index in [1.54, 1.807) is 0 Å². The fourth-order valence-corrected chi connectivity index (χ4v) is 1.31. The van der Waals surface area contributed by atoms with Crippen molar-refractivity contribution >= 4 is 0 Å². The normalized spacial score (nSPS) is 47.0. The third kappa shape index (κ3) is 0.852. The maximum absolute atomic E-state index is 8.53. The second-order valence-electron chi connectivity index (χ2n) is 2.52. The van der Waals surface area contributed by atoms with Gasteiger partial charge in [0, 0.05) is 6.61 Å². The minimum atomic E-state index is 0.181. The van der Waals surface area contributed by atoms with Gasteiger partial charge in [-0.3, -0.25) is 0 Å². The van der Waals surface area contributed by atoms with Crippen LogP contribution in [-0.2, 0) is 9.47 Å². The molecule has 2 heterocycles. The summed E-state index contributed by atoms with van der Waals surface area (Å²) < 4.78 is 10.5. The molecule has 1 N–H and O–H groups in total. The minimum absolute atomic E-state index is 0.181. The highest BCUT2D eigenvalue weighted by Gasteiger charge is 2.51. The van der Waals surface area contributed by atoms with E-state index in [9.17, 15) is 0 Å². The van der Waals surface area contributed by atoms with Gasteiger partial charge in [0.05, 0.1) is 12.7 Å². The van der Waals surface area contributed by atoms with Crippen molar-refractivity contribution in [3.63, 3.8) is 0 Å². The lowest BCUT2D eigenvalue weighted by Gasteiger charge is -2.07. The van der Waals surface area contributed by atoms with Gasteiger partial charge in [0.1, 0.15) is 12.2 Å². The summed E-state index contributed by atoms with van der Waals surface area (Å²) in [4.78, 5) is 0. The Morgan fingerprint density at radius 2 is 2.44 bits per heavy atom. The molecular formula is C6H10O3. The van der Waals surface area contributed by atoms with Gasteiger partial charge < -0.3 is 14.6 Å². The van der Waals surface area contributed by atoms with E-state index < -0.39 is 0 Å². The van der Waals surface area contributed by atoms with Crippen molar-refractivity contribution < 1.29 is 14.6 Å². The first-order valence-corrected chi connectivity index (χ1v) is 3.30. The lowest BCUT2D eigenvalue weighted by atomic mass is 10.2. The molecule has 2 rings (SSSR count). The molecule has 3 nitrogen and oxygen atoms in total. The van der Waals surface area contributed by atoms with Crippen LogP contribution in [0.4, 0.5) is 0 Å². The second kappa shape index (κ2) is 1.94. The quantitative estimate of drug-likeness (QED) is 0.514. The highest BCUT2D eigenvalue weighted by Crippen LogP contribution is 2.35. The van der Waals surface area contributed by atoms with Crippen LogP contribution in [0.1, 0.15) is 6.42 Å². The predicted molar refractivity (Wildman–Crippen MR) is 30.1 cm³/mol. The molecule has 3 atom stereocenters. The van der Waals surface area contributed by atoms with E-state index in [1.165, 1.54) is 0 Å². The van der Waals surface area contributed by atoms with E-state index in [1.807, 2.05) is 0 Å². The first kappa shape index (κ1) is 5.65. The van der Waals surface area contributed by atoms with Gasteiger partial charge in [-0.15, -0.1) is 0 Å². The molecule has 0 aromatic heterocycles. The molecule has 3 heteroatoms. The Kier molecular flexibility index (Phi) is 1.22. The number of rotatable bonds is 2. The zero-order valence-corrected chi connectivity index (χ0v) is 5.12. The fourth-order valence-electron chi connectivity index (χ4n) is 1.31. The summed E-state index contributed by atoms with van der Waals surface area (Å²) in [6.07, 6.45) is 1.58. The molecule has 2 aliphatic rings. The van der Waals surface area contributed by atoms with Gasteiger partial charge in [0.2, 0.25) is 0 Å². The van der Waals surface area contributed by atoms with Crippen LogP contribution >= 0.6 is 0 Å². The van der Waals surface area contributed by atoms with Gasteiger partial charge in [-0.1, -0.05) is 0 Å². The molecule has 2 unspecified atom stereocenters. The predicted octanol–water partition coefficient (Wildman–Crippen LogP) is -0.465. The molecule has 0 aromatic rings. The molecule has 2 fully saturated rings. The summed E-state index contributed by atoms with van der Waals surface area (Å²) in [7, 11) is 0. The highest BCUT2D eigenvalue weighted by atomic mass is 16.7. The van der Waals surface area contributed by atoms with Gasteiger partial charge in [-0.05, 0) is 6.42 Å². The minimum Gasteiger partial charge on any atom is -0.396 e. The average Bonchev–Trinajstić information content (AvgIpc) is 2.54. The molecular weight excluding hydrogens is 120 g/mol. The Morgan fingerprint density at radius 1 is 1.56 bits per heavy atom. The van der Waals surface area contributed by atoms with Crippen LogP contribution in [0.15, 0.2) is 0 Å². The molecule has 0 radical (unpaired) electrons. The first-order chi connectivity index (χ1) is 4.42. The molecule has 52 valence electrons. The average molecular weight is 130 g/mol. The van der Waals surface area contributed by atoms with Crippen LogP contribution in [0.5, 0.6) is 0 Å². The molecule has 2 saturated heterocycles. The van der Waals surface area contributed by atoms with Crippen molar-refractivity contribution in [2.24, 2.45) is 0 Å². The topological polar surface area (TPSA) is 42.0 Å². The summed E-state index contributed by atoms with van der Waals surface area (Å²) in [5.41, 5.74) is 0.